The molecule has 1 aliphatic rings. The molecule has 8 nitrogen and oxygen atoms in total. The van der Waals surface area contributed by atoms with E-state index in [1.807, 2.05) is 0 Å². The van der Waals surface area contributed by atoms with Gasteiger partial charge in [0.05, 0.1) is 12.7 Å². The van der Waals surface area contributed by atoms with Crippen molar-refractivity contribution in [2.45, 2.75) is 6.04 Å². The lowest BCUT2D eigenvalue weighted by molar-refractivity contribution is -0.142. The van der Waals surface area contributed by atoms with Crippen LogP contribution in [0.3, 0.4) is 0 Å². The normalized spacial score (nSPS) is 17.3. The first-order valence-corrected chi connectivity index (χ1v) is 6.70. The van der Waals surface area contributed by atoms with Crippen LogP contribution >= 0.6 is 0 Å². The van der Waals surface area contributed by atoms with Gasteiger partial charge in [0.25, 0.3) is 5.91 Å². The summed E-state index contributed by atoms with van der Waals surface area (Å²) < 4.78 is 6.88. The molecule has 0 spiro atoms. The second kappa shape index (κ2) is 5.47. The summed E-state index contributed by atoms with van der Waals surface area (Å²) in [7, 11) is 1.58. The van der Waals surface area contributed by atoms with Crippen LogP contribution in [0.15, 0.2) is 30.5 Å². The predicted molar refractivity (Wildman–Crippen MR) is 74.4 cm³/mol. The molecule has 0 radical (unpaired) electrons. The maximum Gasteiger partial charge on any atom is 0.331 e. The van der Waals surface area contributed by atoms with Crippen molar-refractivity contribution in [2.75, 3.05) is 13.2 Å². The number of rotatable bonds is 2. The van der Waals surface area contributed by atoms with Gasteiger partial charge in [-0.15, -0.1) is 5.10 Å². The van der Waals surface area contributed by atoms with Gasteiger partial charge in [0, 0.05) is 12.6 Å². The quantitative estimate of drug-likeness (QED) is 0.866. The van der Waals surface area contributed by atoms with E-state index in [1.54, 1.807) is 31.3 Å². The number of para-hydroxylation sites is 1. The van der Waals surface area contributed by atoms with E-state index in [9.17, 15) is 14.7 Å². The van der Waals surface area contributed by atoms with Crippen molar-refractivity contribution in [1.82, 2.24) is 19.9 Å². The summed E-state index contributed by atoms with van der Waals surface area (Å²) in [6, 6.07) is 5.73. The molecule has 0 fully saturated rings. The van der Waals surface area contributed by atoms with Crippen molar-refractivity contribution in [2.24, 2.45) is 7.05 Å². The number of hydrogen-bond donors (Lipinski definition) is 1. The van der Waals surface area contributed by atoms with Crippen LogP contribution in [0.1, 0.15) is 22.1 Å². The summed E-state index contributed by atoms with van der Waals surface area (Å²) in [5, 5.41) is 17.0. The summed E-state index contributed by atoms with van der Waals surface area (Å²) in [5.41, 5.74) is 0.682. The maximum absolute atomic E-state index is 12.7. The SMILES string of the molecule is Cn1nncc1C(=O)N1CCOc2ccccc2C1C(=O)O. The molecule has 2 aromatic rings. The molecule has 1 aliphatic heterocycles. The zero-order chi connectivity index (χ0) is 15.7. The Labute approximate surface area is 125 Å². The summed E-state index contributed by atoms with van der Waals surface area (Å²) in [6.07, 6.45) is 1.32. The monoisotopic (exact) mass is 302 g/mol. The molecule has 1 N–H and O–H groups in total. The van der Waals surface area contributed by atoms with E-state index in [0.717, 1.165) is 0 Å². The molecule has 1 atom stereocenters. The molecular formula is C14H14N4O4. The Morgan fingerprint density at radius 1 is 1.36 bits per heavy atom. The van der Waals surface area contributed by atoms with Gasteiger partial charge < -0.3 is 14.7 Å². The number of carbonyl (C=O) groups is 2. The first-order chi connectivity index (χ1) is 10.6. The number of ether oxygens (including phenoxy) is 1. The smallest absolute Gasteiger partial charge is 0.331 e. The lowest BCUT2D eigenvalue weighted by Gasteiger charge is -2.26. The van der Waals surface area contributed by atoms with Gasteiger partial charge in [0.1, 0.15) is 18.1 Å². The highest BCUT2D eigenvalue weighted by molar-refractivity contribution is 5.95. The highest BCUT2D eigenvalue weighted by atomic mass is 16.5. The van der Waals surface area contributed by atoms with E-state index < -0.39 is 17.9 Å². The number of aromatic nitrogens is 3. The lowest BCUT2D eigenvalue weighted by Crippen LogP contribution is -2.40. The Morgan fingerprint density at radius 2 is 2.14 bits per heavy atom. The third-order valence-electron chi connectivity index (χ3n) is 3.54. The molecule has 0 bridgehead atoms. The van der Waals surface area contributed by atoms with Crippen LogP contribution in [0.4, 0.5) is 0 Å². The molecule has 0 saturated heterocycles. The Balaban J connectivity index is 2.05. The molecule has 3 rings (SSSR count). The Hall–Kier alpha value is -2.90. The van der Waals surface area contributed by atoms with Crippen LogP contribution in [-0.4, -0.2) is 50.0 Å². The molecule has 2 heterocycles. The van der Waals surface area contributed by atoms with E-state index in [2.05, 4.69) is 10.3 Å². The first-order valence-electron chi connectivity index (χ1n) is 6.70. The Bertz CT molecular complexity index is 727. The molecule has 8 heteroatoms. The highest BCUT2D eigenvalue weighted by Crippen LogP contribution is 2.32. The van der Waals surface area contributed by atoms with Crippen LogP contribution in [0.2, 0.25) is 0 Å². The molecule has 1 unspecified atom stereocenters. The minimum Gasteiger partial charge on any atom is -0.491 e. The second-order valence-electron chi connectivity index (χ2n) is 4.87. The number of aryl methyl sites for hydroxylation is 1. The van der Waals surface area contributed by atoms with Crippen molar-refractivity contribution in [1.29, 1.82) is 0 Å². The topological polar surface area (TPSA) is 97.5 Å². The Morgan fingerprint density at radius 3 is 2.82 bits per heavy atom. The van der Waals surface area contributed by atoms with Crippen LogP contribution in [0.5, 0.6) is 5.75 Å². The van der Waals surface area contributed by atoms with Gasteiger partial charge in [0.15, 0.2) is 6.04 Å². The maximum atomic E-state index is 12.7. The van der Waals surface area contributed by atoms with Gasteiger partial charge in [0.2, 0.25) is 0 Å². The minimum atomic E-state index is -1.11. The molecule has 1 amide bonds. The third kappa shape index (κ3) is 2.28. The number of carboxylic acid groups (broad SMARTS) is 1. The third-order valence-corrected chi connectivity index (χ3v) is 3.54. The van der Waals surface area contributed by atoms with Gasteiger partial charge in [-0.05, 0) is 6.07 Å². The standard InChI is InChI=1S/C14H14N4O4/c1-17-10(8-15-16-17)13(19)18-6-7-22-11-5-3-2-4-9(11)12(18)14(20)21/h2-5,8,12H,6-7H2,1H3,(H,20,21). The Kier molecular flexibility index (Phi) is 3.50. The average Bonchev–Trinajstić information content (AvgIpc) is 2.82. The van der Waals surface area contributed by atoms with Gasteiger partial charge in [-0.25, -0.2) is 9.48 Å². The van der Waals surface area contributed by atoms with Gasteiger partial charge in [-0.3, -0.25) is 4.79 Å². The largest absolute Gasteiger partial charge is 0.491 e. The molecule has 0 aliphatic carbocycles. The minimum absolute atomic E-state index is 0.162. The molecule has 22 heavy (non-hydrogen) atoms. The molecule has 1 aromatic carbocycles. The van der Waals surface area contributed by atoms with E-state index >= 15 is 0 Å². The second-order valence-corrected chi connectivity index (χ2v) is 4.87. The lowest BCUT2D eigenvalue weighted by atomic mass is 10.0. The van der Waals surface area contributed by atoms with E-state index in [4.69, 9.17) is 4.74 Å². The van der Waals surface area contributed by atoms with Gasteiger partial charge in [-0.1, -0.05) is 23.4 Å². The number of carboxylic acids is 1. The fourth-order valence-electron chi connectivity index (χ4n) is 2.50. The van der Waals surface area contributed by atoms with Crippen LogP contribution in [0.25, 0.3) is 0 Å². The number of nitrogens with zero attached hydrogens (tertiary/aromatic N) is 4. The molecule has 0 saturated carbocycles. The number of benzene rings is 1. The van der Waals surface area contributed by atoms with Gasteiger partial charge >= 0.3 is 5.97 Å². The van der Waals surface area contributed by atoms with Crippen molar-refractivity contribution in [3.8, 4) is 5.75 Å². The summed E-state index contributed by atoms with van der Waals surface area (Å²) in [5.74, 6) is -1.07. The van der Waals surface area contributed by atoms with Crippen molar-refractivity contribution >= 4 is 11.9 Å². The fraction of sp³-hybridized carbons (Fsp3) is 0.286. The number of aliphatic carboxylic acids is 1. The van der Waals surface area contributed by atoms with Crippen molar-refractivity contribution in [3.05, 3.63) is 41.7 Å². The van der Waals surface area contributed by atoms with E-state index in [0.29, 0.717) is 11.3 Å². The zero-order valence-corrected chi connectivity index (χ0v) is 11.8. The van der Waals surface area contributed by atoms with Crippen LogP contribution in [-0.2, 0) is 11.8 Å². The van der Waals surface area contributed by atoms with Crippen molar-refractivity contribution in [3.63, 3.8) is 0 Å². The number of amides is 1. The van der Waals surface area contributed by atoms with E-state index in [-0.39, 0.29) is 18.8 Å². The van der Waals surface area contributed by atoms with Crippen LogP contribution in [0, 0.1) is 0 Å². The molecular weight excluding hydrogens is 288 g/mol. The first kappa shape index (κ1) is 14.1. The summed E-state index contributed by atoms with van der Waals surface area (Å²) in [4.78, 5) is 25.7. The molecule has 114 valence electrons. The zero-order valence-electron chi connectivity index (χ0n) is 11.8. The number of fused-ring (bicyclic) bond motifs is 1. The van der Waals surface area contributed by atoms with Crippen molar-refractivity contribution < 1.29 is 19.4 Å². The van der Waals surface area contributed by atoms with Crippen LogP contribution < -0.4 is 4.74 Å². The molecule has 1 aromatic heterocycles. The summed E-state index contributed by atoms with van der Waals surface area (Å²) in [6.45, 7) is 0.382. The average molecular weight is 302 g/mol. The summed E-state index contributed by atoms with van der Waals surface area (Å²) >= 11 is 0. The van der Waals surface area contributed by atoms with Gasteiger partial charge in [-0.2, -0.15) is 0 Å². The number of hydrogen-bond acceptors (Lipinski definition) is 5. The van der Waals surface area contributed by atoms with E-state index in [1.165, 1.54) is 15.8 Å². The fourth-order valence-corrected chi connectivity index (χ4v) is 2.50. The number of carbonyl (C=O) groups excluding carboxylic acids is 1. The predicted octanol–water partition coefficient (Wildman–Crippen LogP) is 0.476. The highest BCUT2D eigenvalue weighted by Gasteiger charge is 2.36.